The number of aromatic nitrogens is 1. The normalized spacial score (nSPS) is 11.4. The minimum absolute atomic E-state index is 0.0399. The molecule has 4 nitrogen and oxygen atoms in total. The second-order valence-corrected chi connectivity index (χ2v) is 6.66. The minimum Gasteiger partial charge on any atom is -0.470 e. The molecule has 0 aliphatic carbocycles. The fraction of sp³-hybridized carbons (Fsp3) is 0.250. The number of hydrogen-bond donors (Lipinski definition) is 0. The van der Waals surface area contributed by atoms with Crippen molar-refractivity contribution in [1.82, 2.24) is 4.98 Å². The van der Waals surface area contributed by atoms with Gasteiger partial charge in [0.2, 0.25) is 0 Å². The molecule has 0 N–H and O–H groups in total. The Labute approximate surface area is 110 Å². The fourth-order valence-electron chi connectivity index (χ4n) is 1.44. The minimum atomic E-state index is -3.30. The lowest BCUT2D eigenvalue weighted by Crippen LogP contribution is -2.03. The van der Waals surface area contributed by atoms with Crippen molar-refractivity contribution in [3.05, 3.63) is 41.4 Å². The highest BCUT2D eigenvalue weighted by Crippen LogP contribution is 2.24. The van der Waals surface area contributed by atoms with Crippen LogP contribution in [0.2, 0.25) is 0 Å². The van der Waals surface area contributed by atoms with Gasteiger partial charge in [-0.3, -0.25) is 0 Å². The highest BCUT2D eigenvalue weighted by atomic mass is 32.2. The first kappa shape index (κ1) is 13.0. The van der Waals surface area contributed by atoms with Gasteiger partial charge in [0.25, 0.3) is 5.19 Å². The maximum Gasteiger partial charge on any atom is 0.273 e. The Morgan fingerprint density at radius 3 is 2.67 bits per heavy atom. The highest BCUT2D eigenvalue weighted by molar-refractivity contribution is 7.90. The maximum absolute atomic E-state index is 12.1. The monoisotopic (exact) mass is 283 g/mol. The maximum atomic E-state index is 12.1. The van der Waals surface area contributed by atoms with Crippen LogP contribution in [0, 0.1) is 0 Å². The van der Waals surface area contributed by atoms with E-state index in [0.717, 1.165) is 0 Å². The molecular formula is C12H13NO3S2. The van der Waals surface area contributed by atoms with Gasteiger partial charge in [0, 0.05) is 11.1 Å². The first-order chi connectivity index (χ1) is 8.62. The van der Waals surface area contributed by atoms with Crippen LogP contribution in [0.25, 0.3) is 0 Å². The summed E-state index contributed by atoms with van der Waals surface area (Å²) in [7, 11) is -3.30. The molecule has 0 radical (unpaired) electrons. The lowest BCUT2D eigenvalue weighted by Gasteiger charge is -2.01. The van der Waals surface area contributed by atoms with Crippen molar-refractivity contribution >= 4 is 21.2 Å². The summed E-state index contributed by atoms with van der Waals surface area (Å²) in [6.07, 6.45) is 1.55. The Morgan fingerprint density at radius 1 is 1.28 bits per heavy atom. The molecule has 1 heterocycles. The first-order valence-electron chi connectivity index (χ1n) is 5.47. The van der Waals surface area contributed by atoms with Crippen LogP contribution < -0.4 is 4.74 Å². The predicted octanol–water partition coefficient (Wildman–Crippen LogP) is 2.52. The third-order valence-corrected chi connectivity index (χ3v) is 5.01. The summed E-state index contributed by atoms with van der Waals surface area (Å²) in [5, 5.41) is 0.510. The number of benzene rings is 1. The van der Waals surface area contributed by atoms with E-state index in [4.69, 9.17) is 4.74 Å². The topological polar surface area (TPSA) is 56.3 Å². The van der Waals surface area contributed by atoms with Crippen LogP contribution in [-0.4, -0.2) is 20.0 Å². The number of sulfone groups is 1. The molecule has 0 bridgehead atoms. The SMILES string of the molecule is CCOc1ncc(CS(=O)(=O)c2ccccc2)s1. The van der Waals surface area contributed by atoms with Crippen LogP contribution in [0.4, 0.5) is 0 Å². The molecule has 96 valence electrons. The van der Waals surface area contributed by atoms with Crippen LogP contribution >= 0.6 is 11.3 Å². The first-order valence-corrected chi connectivity index (χ1v) is 7.94. The molecule has 6 heteroatoms. The summed E-state index contributed by atoms with van der Waals surface area (Å²) in [4.78, 5) is 5.03. The van der Waals surface area contributed by atoms with Gasteiger partial charge in [0.05, 0.1) is 17.3 Å². The summed E-state index contributed by atoms with van der Waals surface area (Å²) in [5.74, 6) is -0.0399. The van der Waals surface area contributed by atoms with Crippen molar-refractivity contribution < 1.29 is 13.2 Å². The Bertz CT molecular complexity index is 605. The van der Waals surface area contributed by atoms with E-state index in [0.29, 0.717) is 21.6 Å². The van der Waals surface area contributed by atoms with Gasteiger partial charge in [0.1, 0.15) is 0 Å². The average molecular weight is 283 g/mol. The molecule has 18 heavy (non-hydrogen) atoms. The molecule has 0 spiro atoms. The molecule has 0 unspecified atom stereocenters. The molecular weight excluding hydrogens is 270 g/mol. The lowest BCUT2D eigenvalue weighted by atomic mass is 10.4. The predicted molar refractivity (Wildman–Crippen MR) is 70.6 cm³/mol. The van der Waals surface area contributed by atoms with Gasteiger partial charge in [-0.25, -0.2) is 13.4 Å². The number of thiazole rings is 1. The van der Waals surface area contributed by atoms with Crippen LogP contribution in [0.1, 0.15) is 11.8 Å². The zero-order chi connectivity index (χ0) is 13.0. The van der Waals surface area contributed by atoms with Gasteiger partial charge in [-0.05, 0) is 19.1 Å². The summed E-state index contributed by atoms with van der Waals surface area (Å²) in [6, 6.07) is 8.41. The van der Waals surface area contributed by atoms with E-state index in [9.17, 15) is 8.42 Å². The second-order valence-electron chi connectivity index (χ2n) is 3.60. The van der Waals surface area contributed by atoms with Crippen LogP contribution in [-0.2, 0) is 15.6 Å². The van der Waals surface area contributed by atoms with Crippen LogP contribution in [0.15, 0.2) is 41.4 Å². The molecule has 2 aromatic rings. The molecule has 0 amide bonds. The third kappa shape index (κ3) is 3.08. The summed E-state index contributed by atoms with van der Waals surface area (Å²) in [6.45, 7) is 2.39. The molecule has 0 aliphatic heterocycles. The fourth-order valence-corrected chi connectivity index (χ4v) is 3.95. The van der Waals surface area contributed by atoms with Crippen molar-refractivity contribution in [2.24, 2.45) is 0 Å². The van der Waals surface area contributed by atoms with Gasteiger partial charge in [-0.1, -0.05) is 29.5 Å². The zero-order valence-corrected chi connectivity index (χ0v) is 11.5. The Kier molecular flexibility index (Phi) is 3.98. The van der Waals surface area contributed by atoms with Crippen molar-refractivity contribution in [1.29, 1.82) is 0 Å². The number of rotatable bonds is 5. The quantitative estimate of drug-likeness (QED) is 0.846. The Hall–Kier alpha value is -1.40. The number of nitrogens with zero attached hydrogens (tertiary/aromatic N) is 1. The Morgan fingerprint density at radius 2 is 2.00 bits per heavy atom. The van der Waals surface area contributed by atoms with E-state index < -0.39 is 9.84 Å². The van der Waals surface area contributed by atoms with Crippen LogP contribution in [0.5, 0.6) is 5.19 Å². The number of ether oxygens (including phenoxy) is 1. The highest BCUT2D eigenvalue weighted by Gasteiger charge is 2.16. The molecule has 1 aromatic heterocycles. The van der Waals surface area contributed by atoms with E-state index in [1.165, 1.54) is 11.3 Å². The third-order valence-electron chi connectivity index (χ3n) is 2.23. The van der Waals surface area contributed by atoms with E-state index >= 15 is 0 Å². The molecule has 0 atom stereocenters. The van der Waals surface area contributed by atoms with Crippen molar-refractivity contribution in [2.75, 3.05) is 6.61 Å². The smallest absolute Gasteiger partial charge is 0.273 e. The van der Waals surface area contributed by atoms with Gasteiger partial charge < -0.3 is 4.74 Å². The zero-order valence-electron chi connectivity index (χ0n) is 9.87. The van der Waals surface area contributed by atoms with Crippen molar-refractivity contribution in [2.45, 2.75) is 17.6 Å². The molecule has 0 saturated carbocycles. The second kappa shape index (κ2) is 5.49. The molecule has 0 saturated heterocycles. The number of hydrogen-bond acceptors (Lipinski definition) is 5. The average Bonchev–Trinajstić information content (AvgIpc) is 2.77. The standard InChI is InChI=1S/C12H13NO3S2/c1-2-16-12-13-8-10(17-12)9-18(14,15)11-6-4-3-5-7-11/h3-8H,2,9H2,1H3. The lowest BCUT2D eigenvalue weighted by molar-refractivity contribution is 0.338. The van der Waals surface area contributed by atoms with E-state index in [1.54, 1.807) is 36.5 Å². The summed E-state index contributed by atoms with van der Waals surface area (Å²) in [5.41, 5.74) is 0. The van der Waals surface area contributed by atoms with E-state index in [1.807, 2.05) is 6.92 Å². The largest absolute Gasteiger partial charge is 0.470 e. The van der Waals surface area contributed by atoms with E-state index in [-0.39, 0.29) is 5.75 Å². The Balaban J connectivity index is 2.17. The van der Waals surface area contributed by atoms with Gasteiger partial charge in [-0.15, -0.1) is 0 Å². The van der Waals surface area contributed by atoms with Crippen LogP contribution in [0.3, 0.4) is 0 Å². The summed E-state index contributed by atoms with van der Waals surface area (Å²) >= 11 is 1.27. The van der Waals surface area contributed by atoms with E-state index in [2.05, 4.69) is 4.98 Å². The summed E-state index contributed by atoms with van der Waals surface area (Å²) < 4.78 is 29.4. The molecule has 0 aliphatic rings. The van der Waals surface area contributed by atoms with Gasteiger partial charge in [-0.2, -0.15) is 0 Å². The molecule has 2 rings (SSSR count). The van der Waals surface area contributed by atoms with Crippen molar-refractivity contribution in [3.63, 3.8) is 0 Å². The van der Waals surface area contributed by atoms with Crippen molar-refractivity contribution in [3.8, 4) is 5.19 Å². The molecule has 0 fully saturated rings. The van der Waals surface area contributed by atoms with Gasteiger partial charge >= 0.3 is 0 Å². The molecule has 1 aromatic carbocycles. The van der Waals surface area contributed by atoms with Gasteiger partial charge in [0.15, 0.2) is 9.84 Å².